The number of aromatic nitrogens is 1. The molecule has 0 atom stereocenters. The molecule has 1 N–H and O–H groups in total. The van der Waals surface area contributed by atoms with Gasteiger partial charge >= 0.3 is 0 Å². The normalized spacial score (nSPS) is 24.5. The fourth-order valence-electron chi connectivity index (χ4n) is 5.24. The van der Waals surface area contributed by atoms with E-state index < -0.39 is 17.0 Å². The molecule has 0 radical (unpaired) electrons. The number of carbonyl (C=O) groups excluding carboxylic acids is 1. The molecule has 5 nitrogen and oxygen atoms in total. The smallest absolute Gasteiger partial charge is 0.226 e. The summed E-state index contributed by atoms with van der Waals surface area (Å²) >= 11 is 0. The first-order valence-corrected chi connectivity index (χ1v) is 11.8. The molecule has 33 heavy (non-hydrogen) atoms. The monoisotopic (exact) mass is 457 g/mol. The number of methoxy groups -OCH3 is 1. The second kappa shape index (κ2) is 10.3. The molecule has 2 heterocycles. The Morgan fingerprint density at radius 3 is 2.45 bits per heavy atom. The third kappa shape index (κ3) is 5.41. The highest BCUT2D eigenvalue weighted by Crippen LogP contribution is 2.41. The Kier molecular flexibility index (Phi) is 7.39. The minimum atomic E-state index is -0.621. The van der Waals surface area contributed by atoms with Gasteiger partial charge in [-0.2, -0.15) is 0 Å². The molecule has 2 aromatic rings. The number of nitrogens with one attached hydrogen (secondary N) is 1. The number of piperidine rings is 1. The van der Waals surface area contributed by atoms with Gasteiger partial charge in [0, 0.05) is 31.1 Å². The molecule has 4 rings (SSSR count). The van der Waals surface area contributed by atoms with E-state index in [1.165, 1.54) is 24.4 Å². The fraction of sp³-hybridized carbons (Fsp3) is 0.538. The average Bonchev–Trinajstić information content (AvgIpc) is 2.81. The van der Waals surface area contributed by atoms with Crippen molar-refractivity contribution < 1.29 is 18.3 Å². The van der Waals surface area contributed by atoms with E-state index in [0.717, 1.165) is 44.3 Å². The van der Waals surface area contributed by atoms with Crippen molar-refractivity contribution >= 4 is 5.91 Å². The van der Waals surface area contributed by atoms with E-state index in [0.29, 0.717) is 24.8 Å². The van der Waals surface area contributed by atoms with Crippen LogP contribution in [0.25, 0.3) is 11.1 Å². The highest BCUT2D eigenvalue weighted by molar-refractivity contribution is 5.83. The van der Waals surface area contributed by atoms with Crippen LogP contribution >= 0.6 is 0 Å². The number of benzene rings is 1. The van der Waals surface area contributed by atoms with Crippen molar-refractivity contribution in [2.75, 3.05) is 27.2 Å². The molecule has 1 aromatic heterocycles. The van der Waals surface area contributed by atoms with Crippen LogP contribution in [0.1, 0.15) is 44.1 Å². The van der Waals surface area contributed by atoms with E-state index in [9.17, 15) is 13.6 Å². The second-order valence-electron chi connectivity index (χ2n) is 9.62. The summed E-state index contributed by atoms with van der Waals surface area (Å²) in [5.74, 6) is -1.16. The topological polar surface area (TPSA) is 54.5 Å². The summed E-state index contributed by atoms with van der Waals surface area (Å²) in [7, 11) is 3.82. The van der Waals surface area contributed by atoms with Gasteiger partial charge in [0.25, 0.3) is 0 Å². The molecule has 2 aliphatic rings. The molecule has 1 aromatic carbocycles. The van der Waals surface area contributed by atoms with Crippen molar-refractivity contribution in [1.29, 1.82) is 0 Å². The number of likely N-dealkylation sites (tertiary alicyclic amines) is 1. The predicted octanol–water partition coefficient (Wildman–Crippen LogP) is 4.36. The summed E-state index contributed by atoms with van der Waals surface area (Å²) in [5, 5.41) is 3.32. The summed E-state index contributed by atoms with van der Waals surface area (Å²) in [6.45, 7) is 1.95. The second-order valence-corrected chi connectivity index (χ2v) is 9.62. The minimum absolute atomic E-state index is 0.0779. The van der Waals surface area contributed by atoms with Gasteiger partial charge < -0.3 is 15.0 Å². The third-order valence-electron chi connectivity index (χ3n) is 7.35. The third-order valence-corrected chi connectivity index (χ3v) is 7.35. The van der Waals surface area contributed by atoms with E-state index in [1.54, 1.807) is 19.4 Å². The maximum Gasteiger partial charge on any atom is 0.226 e. The Morgan fingerprint density at radius 1 is 1.15 bits per heavy atom. The molecule has 7 heteroatoms. The van der Waals surface area contributed by atoms with E-state index in [2.05, 4.69) is 22.2 Å². The van der Waals surface area contributed by atoms with Crippen molar-refractivity contribution in [2.24, 2.45) is 5.41 Å². The number of amides is 1. The van der Waals surface area contributed by atoms with Gasteiger partial charge in [0.2, 0.25) is 5.91 Å². The zero-order chi connectivity index (χ0) is 23.4. The molecule has 1 aliphatic heterocycles. The molecular weight excluding hydrogens is 424 g/mol. The first-order valence-electron chi connectivity index (χ1n) is 11.8. The lowest BCUT2D eigenvalue weighted by molar-refractivity contribution is -0.135. The Labute approximate surface area is 194 Å². The lowest BCUT2D eigenvalue weighted by Crippen LogP contribution is -2.51. The highest BCUT2D eigenvalue weighted by Gasteiger charge is 2.42. The number of pyridine rings is 1. The van der Waals surface area contributed by atoms with Crippen molar-refractivity contribution in [3.05, 3.63) is 53.9 Å². The van der Waals surface area contributed by atoms with Crippen LogP contribution in [0.3, 0.4) is 0 Å². The van der Waals surface area contributed by atoms with Crippen molar-refractivity contribution in [1.82, 2.24) is 15.2 Å². The molecule has 1 saturated heterocycles. The first-order chi connectivity index (χ1) is 15.9. The maximum absolute atomic E-state index is 14.4. The van der Waals surface area contributed by atoms with Crippen LogP contribution in [0, 0.1) is 17.0 Å². The van der Waals surface area contributed by atoms with Crippen molar-refractivity contribution in [2.45, 2.75) is 57.1 Å². The summed E-state index contributed by atoms with van der Waals surface area (Å²) in [5.41, 5.74) is 0.538. The number of ether oxygens (including phenoxy) is 1. The lowest BCUT2D eigenvalue weighted by atomic mass is 9.68. The summed E-state index contributed by atoms with van der Waals surface area (Å²) in [4.78, 5) is 20.2. The van der Waals surface area contributed by atoms with Crippen LogP contribution in [0.5, 0.6) is 0 Å². The number of rotatable bonds is 6. The van der Waals surface area contributed by atoms with Gasteiger partial charge in [-0.1, -0.05) is 6.07 Å². The van der Waals surface area contributed by atoms with E-state index in [4.69, 9.17) is 4.74 Å². The van der Waals surface area contributed by atoms with E-state index >= 15 is 0 Å². The van der Waals surface area contributed by atoms with Crippen LogP contribution in [-0.4, -0.2) is 55.2 Å². The quantitative estimate of drug-likeness (QED) is 0.701. The van der Waals surface area contributed by atoms with Crippen molar-refractivity contribution in [3.63, 3.8) is 0 Å². The standard InChI is InChI=1S/C26H33F2N3O2/c1-31-12-8-20(9-13-31)30-25(32)26(10-6-21(33-2)7-11-26)15-18-14-19(17-29-16-18)24-22(27)4-3-5-23(24)28/h3-5,14,16-17,20-21H,6-13,15H2,1-2H3,(H,30,32). The molecular formula is C26H33F2N3O2. The first kappa shape index (κ1) is 23.8. The summed E-state index contributed by atoms with van der Waals surface area (Å²) < 4.78 is 34.2. The predicted molar refractivity (Wildman–Crippen MR) is 124 cm³/mol. The number of halogens is 2. The minimum Gasteiger partial charge on any atom is -0.381 e. The lowest BCUT2D eigenvalue weighted by Gasteiger charge is -2.40. The number of nitrogens with zero attached hydrogens (tertiary/aromatic N) is 2. The van der Waals surface area contributed by atoms with Crippen molar-refractivity contribution in [3.8, 4) is 11.1 Å². The Morgan fingerprint density at radius 2 is 1.82 bits per heavy atom. The zero-order valence-corrected chi connectivity index (χ0v) is 19.4. The molecule has 2 fully saturated rings. The maximum atomic E-state index is 14.4. The molecule has 1 amide bonds. The number of hydrogen-bond acceptors (Lipinski definition) is 4. The SMILES string of the molecule is COC1CCC(Cc2cncc(-c3c(F)cccc3F)c2)(C(=O)NC2CCN(C)CC2)CC1. The largest absolute Gasteiger partial charge is 0.381 e. The molecule has 0 bridgehead atoms. The van der Waals surface area contributed by atoms with Gasteiger partial charge in [0.1, 0.15) is 11.6 Å². The molecule has 1 saturated carbocycles. The van der Waals surface area contributed by atoms with Gasteiger partial charge in [0.15, 0.2) is 0 Å². The van der Waals surface area contributed by atoms with E-state index in [-0.39, 0.29) is 23.6 Å². The highest BCUT2D eigenvalue weighted by atomic mass is 19.1. The summed E-state index contributed by atoms with van der Waals surface area (Å²) in [6.07, 6.45) is 8.76. The summed E-state index contributed by atoms with van der Waals surface area (Å²) in [6, 6.07) is 5.79. The van der Waals surface area contributed by atoms with Gasteiger partial charge in [-0.3, -0.25) is 9.78 Å². The molecule has 1 aliphatic carbocycles. The number of hydrogen-bond donors (Lipinski definition) is 1. The molecule has 0 spiro atoms. The average molecular weight is 458 g/mol. The molecule has 0 unspecified atom stereocenters. The van der Waals surface area contributed by atoms with Gasteiger partial charge in [0.05, 0.1) is 17.1 Å². The van der Waals surface area contributed by atoms with Crippen LogP contribution in [0.15, 0.2) is 36.7 Å². The number of carbonyl (C=O) groups is 1. The van der Waals surface area contributed by atoms with E-state index in [1.807, 2.05) is 0 Å². The Balaban J connectivity index is 1.58. The fourth-order valence-corrected chi connectivity index (χ4v) is 5.24. The molecule has 178 valence electrons. The van der Waals surface area contributed by atoms with Crippen LogP contribution in [-0.2, 0) is 16.0 Å². The van der Waals surface area contributed by atoms with Gasteiger partial charge in [-0.05, 0) is 88.8 Å². The van der Waals surface area contributed by atoms with Crippen LogP contribution < -0.4 is 5.32 Å². The Hall–Kier alpha value is -2.38. The van der Waals surface area contributed by atoms with Crippen LogP contribution in [0.2, 0.25) is 0 Å². The van der Waals surface area contributed by atoms with Gasteiger partial charge in [-0.15, -0.1) is 0 Å². The Bertz CT molecular complexity index is 948. The van der Waals surface area contributed by atoms with Gasteiger partial charge in [-0.25, -0.2) is 8.78 Å². The zero-order valence-electron chi connectivity index (χ0n) is 19.4. The van der Waals surface area contributed by atoms with Crippen LogP contribution in [0.4, 0.5) is 8.78 Å².